The van der Waals surface area contributed by atoms with Crippen molar-refractivity contribution in [2.45, 2.75) is 95.7 Å². The minimum Gasteiger partial charge on any atom is -1.00 e. The van der Waals surface area contributed by atoms with Crippen LogP contribution in [0.5, 0.6) is 5.75 Å². The standard InChI is InChI=1S/C36H45N7O5S.HI/c1-21(2)24-15-13-22(3)17-30(24)48-33(45)19-43-28-10-6-5-9-27(28)42(4)35(43)23-14-16-29(25(18-23)40-41-37)47-32(44)12-8-7-11-31-34-26(20-49-31)38-36(46)39-34;/h5-6,9-10,14,16,18,21-22,24,26,30-31,34H,7-8,11-13,15,17,19-20H2,1-4H3,(H-,38,39,46);1H/t22-,24+,26+,30?,31?,34+;/m1./s1. The van der Waals surface area contributed by atoms with Crippen LogP contribution in [-0.4, -0.2) is 51.7 Å². The minimum atomic E-state index is -0.408. The molecule has 2 unspecified atom stereocenters. The summed E-state index contributed by atoms with van der Waals surface area (Å²) in [5.41, 5.74) is 12.1. The van der Waals surface area contributed by atoms with Crippen LogP contribution < -0.4 is 43.9 Å². The molecule has 0 spiro atoms. The Labute approximate surface area is 314 Å². The maximum Gasteiger partial charge on any atom is 0.348 e. The second kappa shape index (κ2) is 16.7. The molecule has 268 valence electrons. The Balaban J connectivity index is 0.00000486. The Kier molecular flexibility index (Phi) is 12.6. The molecule has 3 fully saturated rings. The van der Waals surface area contributed by atoms with E-state index in [1.165, 1.54) is 0 Å². The van der Waals surface area contributed by atoms with E-state index in [1.54, 1.807) is 12.1 Å². The number of nitrogens with zero attached hydrogens (tertiary/aromatic N) is 5. The van der Waals surface area contributed by atoms with Gasteiger partial charge < -0.3 is 44.1 Å². The van der Waals surface area contributed by atoms with Crippen LogP contribution in [-0.2, 0) is 27.9 Å². The normalized spacial score (nSPS) is 24.1. The number of thioether (sulfide) groups is 1. The lowest BCUT2D eigenvalue weighted by Gasteiger charge is -2.36. The molecule has 2 aliphatic heterocycles. The fourth-order valence-electron chi connectivity index (χ4n) is 7.78. The minimum absolute atomic E-state index is 0. The zero-order valence-corrected chi connectivity index (χ0v) is 32.0. The summed E-state index contributed by atoms with van der Waals surface area (Å²) in [6.07, 6.45) is 5.56. The van der Waals surface area contributed by atoms with Crippen LogP contribution in [0.1, 0.15) is 65.7 Å². The first-order valence-corrected chi connectivity index (χ1v) is 18.4. The number of imidazole rings is 1. The number of para-hydroxylation sites is 2. The Hall–Kier alpha value is -3.49. The monoisotopic (exact) mass is 815 g/mol. The van der Waals surface area contributed by atoms with Gasteiger partial charge in [-0.2, -0.15) is 11.8 Å². The highest BCUT2D eigenvalue weighted by Crippen LogP contribution is 2.37. The molecule has 14 heteroatoms. The van der Waals surface area contributed by atoms with Gasteiger partial charge in [0, 0.05) is 22.3 Å². The van der Waals surface area contributed by atoms with Gasteiger partial charge in [0.25, 0.3) is 5.82 Å². The maximum absolute atomic E-state index is 13.6. The Morgan fingerprint density at radius 2 is 1.94 bits per heavy atom. The van der Waals surface area contributed by atoms with Crippen molar-refractivity contribution in [2.75, 3.05) is 5.75 Å². The highest BCUT2D eigenvalue weighted by atomic mass is 127. The van der Waals surface area contributed by atoms with E-state index in [4.69, 9.17) is 9.47 Å². The second-order valence-electron chi connectivity index (χ2n) is 14.0. The van der Waals surface area contributed by atoms with Gasteiger partial charge in [-0.3, -0.25) is 4.79 Å². The summed E-state index contributed by atoms with van der Waals surface area (Å²) >= 11 is 1.85. The van der Waals surface area contributed by atoms with E-state index in [9.17, 15) is 19.9 Å². The maximum atomic E-state index is 13.6. The van der Waals surface area contributed by atoms with Gasteiger partial charge in [0.2, 0.25) is 0 Å². The largest absolute Gasteiger partial charge is 1.00 e. The number of unbranched alkanes of at least 4 members (excludes halogenated alkanes) is 1. The molecule has 12 nitrogen and oxygen atoms in total. The SMILES string of the molecule is CC(C)[C@@H]1CC[C@@H](C)CC1OC(=O)Cn1c(-c2ccc(OC(=O)CCCCC3SC[C@@H]4NC(=O)N[C@H]34)c(N=[N+]=[N-])c2)[n+](C)c2ccccc21.[I-]. The number of fused-ring (bicyclic) bond motifs is 2. The van der Waals surface area contributed by atoms with Crippen molar-refractivity contribution < 1.29 is 52.4 Å². The number of carbonyl (C=O) groups is 3. The first-order chi connectivity index (χ1) is 23.6. The summed E-state index contributed by atoms with van der Waals surface area (Å²) in [6, 6.07) is 13.2. The molecule has 3 aromatic rings. The number of halogens is 1. The summed E-state index contributed by atoms with van der Waals surface area (Å²) in [5, 5.41) is 10.1. The quantitative estimate of drug-likeness (QED) is 0.0328. The van der Waals surface area contributed by atoms with Crippen molar-refractivity contribution in [3.05, 3.63) is 52.9 Å². The number of amides is 2. The summed E-state index contributed by atoms with van der Waals surface area (Å²) in [4.78, 5) is 41.1. The molecule has 6 atom stereocenters. The van der Waals surface area contributed by atoms with Crippen molar-refractivity contribution >= 4 is 46.5 Å². The fraction of sp³-hybridized carbons (Fsp3) is 0.556. The third-order valence-corrected chi connectivity index (χ3v) is 11.8. The number of esters is 2. The van der Waals surface area contributed by atoms with Gasteiger partial charge in [0.15, 0.2) is 17.6 Å². The number of aromatic nitrogens is 2. The number of hydrogen-bond acceptors (Lipinski definition) is 7. The molecule has 2 saturated heterocycles. The third kappa shape index (κ3) is 8.34. The lowest BCUT2D eigenvalue weighted by Crippen LogP contribution is -3.00. The van der Waals surface area contributed by atoms with E-state index in [-0.39, 0.29) is 78.6 Å². The molecule has 2 amide bonds. The van der Waals surface area contributed by atoms with Gasteiger partial charge in [0.05, 0.1) is 30.4 Å². The van der Waals surface area contributed by atoms with Gasteiger partial charge in [-0.15, -0.1) is 0 Å². The van der Waals surface area contributed by atoms with Crippen molar-refractivity contribution in [1.82, 2.24) is 15.2 Å². The molecular formula is C36H46IN7O5S. The average molecular weight is 816 g/mol. The topological polar surface area (TPSA) is 151 Å². The van der Waals surface area contributed by atoms with Gasteiger partial charge in [-0.05, 0) is 79.3 Å². The molecule has 2 aromatic carbocycles. The Bertz CT molecular complexity index is 1780. The lowest BCUT2D eigenvalue weighted by atomic mass is 9.75. The van der Waals surface area contributed by atoms with Crippen LogP contribution in [0.3, 0.4) is 0 Å². The number of ether oxygens (including phenoxy) is 2. The molecule has 0 radical (unpaired) electrons. The van der Waals surface area contributed by atoms with E-state index >= 15 is 0 Å². The molecule has 50 heavy (non-hydrogen) atoms. The number of urea groups is 1. The highest BCUT2D eigenvalue weighted by molar-refractivity contribution is 8.00. The number of aryl methyl sites for hydroxylation is 1. The van der Waals surface area contributed by atoms with Gasteiger partial charge in [-0.25, -0.2) is 18.7 Å². The van der Waals surface area contributed by atoms with Crippen LogP contribution >= 0.6 is 11.8 Å². The molecule has 3 aliphatic rings. The predicted molar refractivity (Wildman–Crippen MR) is 188 cm³/mol. The van der Waals surface area contributed by atoms with E-state index in [1.807, 2.05) is 58.3 Å². The van der Waals surface area contributed by atoms with E-state index in [0.29, 0.717) is 35.0 Å². The van der Waals surface area contributed by atoms with Crippen molar-refractivity contribution in [3.8, 4) is 17.1 Å². The molecule has 0 bridgehead atoms. The molecule has 2 N–H and O–H groups in total. The summed E-state index contributed by atoms with van der Waals surface area (Å²) in [5.74, 6) is 2.39. The van der Waals surface area contributed by atoms with E-state index < -0.39 is 5.97 Å². The number of carbonyl (C=O) groups excluding carboxylic acids is 3. The van der Waals surface area contributed by atoms with Gasteiger partial charge in [-0.1, -0.05) is 50.9 Å². The number of hydrogen-bond donors (Lipinski definition) is 2. The van der Waals surface area contributed by atoms with Crippen LogP contribution in [0, 0.1) is 17.8 Å². The second-order valence-corrected chi connectivity index (χ2v) is 15.3. The number of azide groups is 1. The van der Waals surface area contributed by atoms with Crippen LogP contribution in [0.25, 0.3) is 32.9 Å². The zero-order chi connectivity index (χ0) is 34.7. The van der Waals surface area contributed by atoms with E-state index in [0.717, 1.165) is 54.7 Å². The first kappa shape index (κ1) is 37.8. The first-order valence-electron chi connectivity index (χ1n) is 17.4. The molecule has 1 aromatic heterocycles. The molecule has 1 saturated carbocycles. The summed E-state index contributed by atoms with van der Waals surface area (Å²) in [7, 11) is 1.93. The van der Waals surface area contributed by atoms with E-state index in [2.05, 4.69) is 41.4 Å². The van der Waals surface area contributed by atoms with Crippen molar-refractivity contribution in [1.29, 1.82) is 0 Å². The number of rotatable bonds is 12. The smallest absolute Gasteiger partial charge is 0.348 e. The predicted octanol–water partition coefficient (Wildman–Crippen LogP) is 3.71. The Morgan fingerprint density at radius 1 is 1.14 bits per heavy atom. The molecular weight excluding hydrogens is 769 g/mol. The third-order valence-electron chi connectivity index (χ3n) is 10.3. The number of benzene rings is 2. The number of nitrogens with one attached hydrogen (secondary N) is 2. The van der Waals surface area contributed by atoms with Crippen LogP contribution in [0.2, 0.25) is 0 Å². The molecule has 3 heterocycles. The summed E-state index contributed by atoms with van der Waals surface area (Å²) < 4.78 is 15.8. The average Bonchev–Trinajstić information content (AvgIpc) is 3.71. The molecule has 1 aliphatic carbocycles. The van der Waals surface area contributed by atoms with Crippen LogP contribution in [0.4, 0.5) is 10.5 Å². The van der Waals surface area contributed by atoms with Crippen LogP contribution in [0.15, 0.2) is 47.6 Å². The highest BCUT2D eigenvalue weighted by Gasteiger charge is 2.42. The summed E-state index contributed by atoms with van der Waals surface area (Å²) in [6.45, 7) is 6.63. The Morgan fingerprint density at radius 3 is 2.72 bits per heavy atom. The molecule has 6 rings (SSSR count). The van der Waals surface area contributed by atoms with Crippen molar-refractivity contribution in [3.63, 3.8) is 0 Å². The van der Waals surface area contributed by atoms with Crippen molar-refractivity contribution in [2.24, 2.45) is 29.9 Å². The fourth-order valence-corrected chi connectivity index (χ4v) is 9.32. The zero-order valence-electron chi connectivity index (χ0n) is 29.0. The van der Waals surface area contributed by atoms with Gasteiger partial charge >= 0.3 is 18.0 Å². The lowest BCUT2D eigenvalue weighted by molar-refractivity contribution is -0.634. The van der Waals surface area contributed by atoms with Gasteiger partial charge in [0.1, 0.15) is 11.9 Å².